The van der Waals surface area contributed by atoms with E-state index in [0.717, 1.165) is 0 Å². The maximum Gasteiger partial charge on any atom is 0.408 e. The SMILES string of the molecule is CC(=O)N[C@H]1C[C@@](NC(=O)OC(C)(C)C)(C(=O)OC(C)(C)C)[C@@H]2[C@@H](C(=O)OC(C)(C)C)[C@@H]21. The van der Waals surface area contributed by atoms with Gasteiger partial charge in [0.1, 0.15) is 22.3 Å². The largest absolute Gasteiger partial charge is 0.460 e. The van der Waals surface area contributed by atoms with Crippen molar-refractivity contribution in [2.45, 2.75) is 104 Å². The van der Waals surface area contributed by atoms with Gasteiger partial charge >= 0.3 is 18.0 Å². The molecule has 0 aromatic rings. The monoisotopic (exact) mass is 454 g/mol. The Balaban J connectivity index is 2.45. The lowest BCUT2D eigenvalue weighted by Gasteiger charge is -2.35. The number of rotatable bonds is 4. The maximum atomic E-state index is 13.4. The predicted octanol–water partition coefficient (Wildman–Crippen LogP) is 2.70. The van der Waals surface area contributed by atoms with Crippen LogP contribution in [0.5, 0.6) is 0 Å². The Morgan fingerprint density at radius 1 is 0.812 bits per heavy atom. The van der Waals surface area contributed by atoms with Gasteiger partial charge in [0.25, 0.3) is 0 Å². The molecule has 182 valence electrons. The lowest BCUT2D eigenvalue weighted by Crippen LogP contribution is -2.60. The Morgan fingerprint density at radius 3 is 1.75 bits per heavy atom. The van der Waals surface area contributed by atoms with Crippen LogP contribution in [0.25, 0.3) is 0 Å². The number of esters is 2. The van der Waals surface area contributed by atoms with Gasteiger partial charge in [-0.3, -0.25) is 9.59 Å². The van der Waals surface area contributed by atoms with Crippen LogP contribution < -0.4 is 10.6 Å². The van der Waals surface area contributed by atoms with Crippen LogP contribution in [0, 0.1) is 17.8 Å². The van der Waals surface area contributed by atoms with Crippen LogP contribution in [0.4, 0.5) is 4.79 Å². The molecule has 0 bridgehead atoms. The molecule has 9 nitrogen and oxygen atoms in total. The number of carbonyl (C=O) groups is 4. The van der Waals surface area contributed by atoms with Crippen LogP contribution in [-0.2, 0) is 28.6 Å². The summed E-state index contributed by atoms with van der Waals surface area (Å²) in [7, 11) is 0. The molecule has 0 aromatic carbocycles. The third-order valence-corrected chi connectivity index (χ3v) is 5.21. The summed E-state index contributed by atoms with van der Waals surface area (Å²) in [6, 6.07) is -0.502. The van der Waals surface area contributed by atoms with Gasteiger partial charge in [0.15, 0.2) is 0 Å². The summed E-state index contributed by atoms with van der Waals surface area (Å²) < 4.78 is 16.6. The zero-order chi connectivity index (χ0) is 24.9. The van der Waals surface area contributed by atoms with E-state index in [9.17, 15) is 19.2 Å². The van der Waals surface area contributed by atoms with Gasteiger partial charge in [-0.15, -0.1) is 0 Å². The second kappa shape index (κ2) is 8.23. The summed E-state index contributed by atoms with van der Waals surface area (Å²) in [4.78, 5) is 51.0. The van der Waals surface area contributed by atoms with Crippen molar-refractivity contribution in [2.24, 2.45) is 17.8 Å². The smallest absolute Gasteiger partial charge is 0.408 e. The van der Waals surface area contributed by atoms with E-state index in [1.807, 2.05) is 0 Å². The molecule has 0 unspecified atom stereocenters. The minimum absolute atomic E-state index is 0.0926. The molecule has 0 aromatic heterocycles. The average molecular weight is 455 g/mol. The molecule has 2 aliphatic carbocycles. The van der Waals surface area contributed by atoms with Crippen LogP contribution >= 0.6 is 0 Å². The third-order valence-electron chi connectivity index (χ3n) is 5.21. The molecule has 2 fully saturated rings. The first kappa shape index (κ1) is 25.9. The summed E-state index contributed by atoms with van der Waals surface area (Å²) in [5.74, 6) is -3.04. The zero-order valence-corrected chi connectivity index (χ0v) is 20.9. The molecule has 0 heterocycles. The molecule has 2 N–H and O–H groups in total. The van der Waals surface area contributed by atoms with E-state index < -0.39 is 58.3 Å². The first-order valence-electron chi connectivity index (χ1n) is 11.0. The van der Waals surface area contributed by atoms with Gasteiger partial charge < -0.3 is 24.8 Å². The summed E-state index contributed by atoms with van der Waals surface area (Å²) in [6.07, 6.45) is -0.699. The van der Waals surface area contributed by atoms with Gasteiger partial charge in [-0.05, 0) is 68.2 Å². The molecule has 0 spiro atoms. The first-order chi connectivity index (χ1) is 14.3. The number of ether oxygens (including phenoxy) is 3. The van der Waals surface area contributed by atoms with E-state index in [2.05, 4.69) is 10.6 Å². The van der Waals surface area contributed by atoms with Crippen LogP contribution in [-0.4, -0.2) is 52.3 Å². The Morgan fingerprint density at radius 2 is 1.31 bits per heavy atom. The Hall–Kier alpha value is -2.32. The number of carbonyl (C=O) groups excluding carboxylic acids is 4. The summed E-state index contributed by atoms with van der Waals surface area (Å²) in [6.45, 7) is 17.0. The lowest BCUT2D eigenvalue weighted by atomic mass is 9.88. The Bertz CT molecular complexity index is 788. The second-order valence-electron chi connectivity index (χ2n) is 11.8. The van der Waals surface area contributed by atoms with Crippen molar-refractivity contribution in [3.05, 3.63) is 0 Å². The van der Waals surface area contributed by atoms with Gasteiger partial charge in [0, 0.05) is 25.3 Å². The average Bonchev–Trinajstić information content (AvgIpc) is 3.16. The van der Waals surface area contributed by atoms with Gasteiger partial charge in [-0.1, -0.05) is 0 Å². The van der Waals surface area contributed by atoms with Crippen molar-refractivity contribution in [1.82, 2.24) is 10.6 Å². The Labute approximate surface area is 190 Å². The number of nitrogens with one attached hydrogen (secondary N) is 2. The van der Waals surface area contributed by atoms with Gasteiger partial charge in [-0.2, -0.15) is 0 Å². The van der Waals surface area contributed by atoms with E-state index in [1.54, 1.807) is 62.3 Å². The highest BCUT2D eigenvalue weighted by atomic mass is 16.6. The third kappa shape index (κ3) is 6.13. The molecule has 0 saturated heterocycles. The highest BCUT2D eigenvalue weighted by Gasteiger charge is 2.77. The molecular weight excluding hydrogens is 416 g/mol. The normalized spacial score (nSPS) is 29.4. The first-order valence-corrected chi connectivity index (χ1v) is 11.0. The van der Waals surface area contributed by atoms with Gasteiger partial charge in [0.2, 0.25) is 5.91 Å². The summed E-state index contributed by atoms with van der Waals surface area (Å²) in [5, 5.41) is 5.55. The number of hydrogen-bond donors (Lipinski definition) is 2. The van der Waals surface area contributed by atoms with Gasteiger partial charge in [-0.25, -0.2) is 9.59 Å². The van der Waals surface area contributed by atoms with E-state index >= 15 is 0 Å². The van der Waals surface area contributed by atoms with Crippen molar-refractivity contribution in [2.75, 3.05) is 0 Å². The molecule has 5 atom stereocenters. The molecule has 2 amide bonds. The van der Waals surface area contributed by atoms with Crippen molar-refractivity contribution in [3.63, 3.8) is 0 Å². The van der Waals surface area contributed by atoms with Crippen molar-refractivity contribution >= 4 is 23.9 Å². The molecule has 32 heavy (non-hydrogen) atoms. The lowest BCUT2D eigenvalue weighted by molar-refractivity contribution is -0.166. The molecule has 2 rings (SSSR count). The number of amides is 2. The van der Waals surface area contributed by atoms with Crippen LogP contribution in [0.1, 0.15) is 75.7 Å². The van der Waals surface area contributed by atoms with Crippen molar-refractivity contribution < 1.29 is 33.4 Å². The number of alkyl carbamates (subject to hydrolysis) is 1. The molecule has 2 aliphatic rings. The standard InChI is InChI=1S/C23H38N2O7/c1-12(26)24-13-11-23(18(28)31-21(5,6)7,25-19(29)32-22(8,9)10)16-14(13)15(16)17(27)30-20(2,3)4/h13-16H,11H2,1-10H3,(H,24,26)(H,25,29)/t13-,14-,15-,16-,23-/m0/s1. The minimum atomic E-state index is -1.53. The summed E-state index contributed by atoms with van der Waals surface area (Å²) >= 11 is 0. The fourth-order valence-corrected chi connectivity index (χ4v) is 4.43. The quantitative estimate of drug-likeness (QED) is 0.495. The number of hydrogen-bond acceptors (Lipinski definition) is 7. The highest BCUT2D eigenvalue weighted by Crippen LogP contribution is 2.63. The second-order valence-corrected chi connectivity index (χ2v) is 11.8. The molecule has 9 heteroatoms. The van der Waals surface area contributed by atoms with Crippen molar-refractivity contribution in [3.8, 4) is 0 Å². The predicted molar refractivity (Wildman–Crippen MR) is 116 cm³/mol. The zero-order valence-electron chi connectivity index (χ0n) is 20.9. The highest BCUT2D eigenvalue weighted by molar-refractivity contribution is 5.91. The maximum absolute atomic E-state index is 13.4. The van der Waals surface area contributed by atoms with Crippen LogP contribution in [0.3, 0.4) is 0 Å². The van der Waals surface area contributed by atoms with E-state index in [1.165, 1.54) is 6.92 Å². The van der Waals surface area contributed by atoms with Crippen LogP contribution in [0.2, 0.25) is 0 Å². The summed E-state index contributed by atoms with van der Waals surface area (Å²) in [5.41, 5.74) is -3.86. The molecule has 2 saturated carbocycles. The fourth-order valence-electron chi connectivity index (χ4n) is 4.43. The van der Waals surface area contributed by atoms with E-state index in [-0.39, 0.29) is 18.2 Å². The molecule has 0 aliphatic heterocycles. The van der Waals surface area contributed by atoms with E-state index in [0.29, 0.717) is 0 Å². The van der Waals surface area contributed by atoms with E-state index in [4.69, 9.17) is 14.2 Å². The number of fused-ring (bicyclic) bond motifs is 1. The fraction of sp³-hybridized carbons (Fsp3) is 0.826. The van der Waals surface area contributed by atoms with Gasteiger partial charge in [0.05, 0.1) is 5.92 Å². The minimum Gasteiger partial charge on any atom is -0.460 e. The van der Waals surface area contributed by atoms with Crippen LogP contribution in [0.15, 0.2) is 0 Å². The topological polar surface area (TPSA) is 120 Å². The Kier molecular flexibility index (Phi) is 6.67. The van der Waals surface area contributed by atoms with Crippen molar-refractivity contribution in [1.29, 1.82) is 0 Å². The molecule has 0 radical (unpaired) electrons. The molecular formula is C23H38N2O7.